The molecule has 0 fully saturated rings. The van der Waals surface area contributed by atoms with Gasteiger partial charge in [0.2, 0.25) is 0 Å². The van der Waals surface area contributed by atoms with E-state index in [1.807, 2.05) is 6.92 Å². The summed E-state index contributed by atoms with van der Waals surface area (Å²) >= 11 is 6.02. The van der Waals surface area contributed by atoms with Gasteiger partial charge in [-0.3, -0.25) is 0 Å². The van der Waals surface area contributed by atoms with Crippen molar-refractivity contribution in [3.05, 3.63) is 47.2 Å². The summed E-state index contributed by atoms with van der Waals surface area (Å²) in [5, 5.41) is 4.60. The molecule has 0 amide bonds. The molecule has 108 valence electrons. The number of imidazole rings is 1. The number of halogens is 3. The molecule has 0 saturated heterocycles. The number of fused-ring (bicyclic) bond motifs is 1. The molecule has 3 aromatic rings. The highest BCUT2D eigenvalue weighted by Gasteiger charge is 2.11. The van der Waals surface area contributed by atoms with E-state index in [-0.39, 0.29) is 5.75 Å². The second-order valence-corrected chi connectivity index (χ2v) is 4.80. The molecule has 0 radical (unpaired) electrons. The lowest BCUT2D eigenvalue weighted by Crippen LogP contribution is -2.02. The molecule has 0 spiro atoms. The topological polar surface area (TPSA) is 39.4 Å². The molecule has 2 heterocycles. The molecule has 7 heteroatoms. The second kappa shape index (κ2) is 5.29. The molecule has 0 atom stereocenters. The maximum atomic E-state index is 12.3. The fourth-order valence-electron chi connectivity index (χ4n) is 2.01. The van der Waals surface area contributed by atoms with Crippen molar-refractivity contribution in [2.45, 2.75) is 13.5 Å². The van der Waals surface area contributed by atoms with Crippen LogP contribution in [0.1, 0.15) is 5.56 Å². The van der Waals surface area contributed by atoms with Crippen molar-refractivity contribution >= 4 is 17.2 Å². The smallest absolute Gasteiger partial charge is 0.387 e. The Morgan fingerprint density at radius 1 is 1.29 bits per heavy atom. The van der Waals surface area contributed by atoms with E-state index in [4.69, 9.17) is 11.6 Å². The van der Waals surface area contributed by atoms with Gasteiger partial charge in [0.15, 0.2) is 10.8 Å². The predicted octanol–water partition coefficient (Wildman–Crippen LogP) is 3.96. The summed E-state index contributed by atoms with van der Waals surface area (Å²) in [5.74, 6) is 0.0793. The van der Waals surface area contributed by atoms with Gasteiger partial charge in [-0.25, -0.2) is 9.50 Å². The second-order valence-electron chi connectivity index (χ2n) is 4.44. The van der Waals surface area contributed by atoms with Crippen LogP contribution in [0.2, 0.25) is 5.15 Å². The van der Waals surface area contributed by atoms with E-state index in [0.29, 0.717) is 22.1 Å². The summed E-state index contributed by atoms with van der Waals surface area (Å²) in [7, 11) is 0. The number of ether oxygens (including phenoxy) is 1. The number of hydrogen-bond donors (Lipinski definition) is 0. The van der Waals surface area contributed by atoms with Crippen LogP contribution in [0.5, 0.6) is 5.75 Å². The van der Waals surface area contributed by atoms with E-state index in [1.165, 1.54) is 12.1 Å². The number of rotatable bonds is 3. The summed E-state index contributed by atoms with van der Waals surface area (Å²) in [5.41, 5.74) is 2.75. The van der Waals surface area contributed by atoms with Crippen LogP contribution in [0, 0.1) is 6.92 Å². The summed E-state index contributed by atoms with van der Waals surface area (Å²) in [4.78, 5) is 4.24. The molecular formula is C14H10ClF2N3O. The van der Waals surface area contributed by atoms with Crippen molar-refractivity contribution in [3.8, 4) is 17.0 Å². The van der Waals surface area contributed by atoms with Gasteiger partial charge in [-0.1, -0.05) is 23.7 Å². The lowest BCUT2D eigenvalue weighted by molar-refractivity contribution is -0.0498. The van der Waals surface area contributed by atoms with Crippen molar-refractivity contribution in [2.75, 3.05) is 0 Å². The molecule has 21 heavy (non-hydrogen) atoms. The van der Waals surface area contributed by atoms with Crippen molar-refractivity contribution in [2.24, 2.45) is 0 Å². The monoisotopic (exact) mass is 309 g/mol. The number of alkyl halides is 2. The van der Waals surface area contributed by atoms with Gasteiger partial charge in [-0.2, -0.15) is 13.9 Å². The fraction of sp³-hybridized carbons (Fsp3) is 0.143. The Kier molecular flexibility index (Phi) is 3.47. The first-order valence-electron chi connectivity index (χ1n) is 6.11. The highest BCUT2D eigenvalue weighted by molar-refractivity contribution is 6.30. The van der Waals surface area contributed by atoms with Gasteiger partial charge in [-0.15, -0.1) is 0 Å². The molecule has 0 unspecified atom stereocenters. The third kappa shape index (κ3) is 2.67. The minimum Gasteiger partial charge on any atom is -0.435 e. The zero-order valence-electron chi connectivity index (χ0n) is 10.9. The third-order valence-corrected chi connectivity index (χ3v) is 3.35. The molecule has 2 aromatic heterocycles. The maximum absolute atomic E-state index is 12.3. The van der Waals surface area contributed by atoms with Crippen LogP contribution in [-0.2, 0) is 0 Å². The number of aryl methyl sites for hydroxylation is 1. The van der Waals surface area contributed by atoms with Gasteiger partial charge in [0.1, 0.15) is 5.75 Å². The highest BCUT2D eigenvalue weighted by atomic mass is 35.5. The minimum absolute atomic E-state index is 0.0793. The molecule has 0 aliphatic heterocycles. The lowest BCUT2D eigenvalue weighted by atomic mass is 10.1. The van der Waals surface area contributed by atoms with Crippen LogP contribution in [-0.4, -0.2) is 21.2 Å². The Morgan fingerprint density at radius 3 is 2.86 bits per heavy atom. The quantitative estimate of drug-likeness (QED) is 0.735. The Balaban J connectivity index is 2.10. The summed E-state index contributed by atoms with van der Waals surface area (Å²) in [6, 6.07) is 8.16. The average Bonchev–Trinajstić information content (AvgIpc) is 2.81. The standard InChI is InChI=1S/C14H10ClF2N3O/c1-8-5-12-18-7-11(20(12)19-13(8)15)9-3-2-4-10(6-9)21-14(16)17/h2-7,14H,1H3. The van der Waals surface area contributed by atoms with E-state index >= 15 is 0 Å². The van der Waals surface area contributed by atoms with Crippen LogP contribution >= 0.6 is 11.6 Å². The van der Waals surface area contributed by atoms with Gasteiger partial charge >= 0.3 is 6.61 Å². The summed E-state index contributed by atoms with van der Waals surface area (Å²) in [6.07, 6.45) is 1.61. The van der Waals surface area contributed by atoms with Gasteiger partial charge in [0, 0.05) is 5.56 Å². The summed E-state index contributed by atoms with van der Waals surface area (Å²) < 4.78 is 30.5. The molecule has 4 nitrogen and oxygen atoms in total. The van der Waals surface area contributed by atoms with E-state index in [1.54, 1.807) is 28.9 Å². The van der Waals surface area contributed by atoms with E-state index in [2.05, 4.69) is 14.8 Å². The van der Waals surface area contributed by atoms with Crippen LogP contribution in [0.25, 0.3) is 16.9 Å². The maximum Gasteiger partial charge on any atom is 0.387 e. The van der Waals surface area contributed by atoms with E-state index < -0.39 is 6.61 Å². The van der Waals surface area contributed by atoms with Crippen molar-refractivity contribution in [1.82, 2.24) is 14.6 Å². The Labute approximate surface area is 123 Å². The first-order valence-corrected chi connectivity index (χ1v) is 6.48. The van der Waals surface area contributed by atoms with E-state index in [0.717, 1.165) is 5.56 Å². The Hall–Kier alpha value is -2.21. The van der Waals surface area contributed by atoms with Gasteiger partial charge < -0.3 is 4.74 Å². The van der Waals surface area contributed by atoms with Crippen LogP contribution in [0.15, 0.2) is 36.5 Å². The first-order chi connectivity index (χ1) is 10.0. The van der Waals surface area contributed by atoms with E-state index in [9.17, 15) is 8.78 Å². The Bertz CT molecular complexity index is 804. The average molecular weight is 310 g/mol. The lowest BCUT2D eigenvalue weighted by Gasteiger charge is -2.07. The molecule has 0 bridgehead atoms. The van der Waals surface area contributed by atoms with Crippen molar-refractivity contribution < 1.29 is 13.5 Å². The molecular weight excluding hydrogens is 300 g/mol. The number of benzene rings is 1. The predicted molar refractivity (Wildman–Crippen MR) is 74.8 cm³/mol. The van der Waals surface area contributed by atoms with Crippen molar-refractivity contribution in [1.29, 1.82) is 0 Å². The SMILES string of the molecule is Cc1cc2ncc(-c3cccc(OC(F)F)c3)n2nc1Cl. The number of hydrogen-bond acceptors (Lipinski definition) is 3. The number of nitrogens with zero attached hydrogens (tertiary/aromatic N) is 3. The molecule has 3 rings (SSSR count). The van der Waals surface area contributed by atoms with Crippen LogP contribution in [0.4, 0.5) is 8.78 Å². The fourth-order valence-corrected chi connectivity index (χ4v) is 2.14. The minimum atomic E-state index is -2.86. The van der Waals surface area contributed by atoms with Crippen molar-refractivity contribution in [3.63, 3.8) is 0 Å². The summed E-state index contributed by atoms with van der Waals surface area (Å²) in [6.45, 7) is -1.03. The normalized spacial score (nSPS) is 11.3. The molecule has 1 aromatic carbocycles. The molecule has 0 N–H and O–H groups in total. The van der Waals surface area contributed by atoms with Crippen LogP contribution < -0.4 is 4.74 Å². The molecule has 0 aliphatic carbocycles. The third-order valence-electron chi connectivity index (χ3n) is 2.98. The van der Waals surface area contributed by atoms with Gasteiger partial charge in [0.05, 0.1) is 11.9 Å². The van der Waals surface area contributed by atoms with Crippen LogP contribution in [0.3, 0.4) is 0 Å². The zero-order valence-corrected chi connectivity index (χ0v) is 11.7. The Morgan fingerprint density at radius 2 is 2.10 bits per heavy atom. The largest absolute Gasteiger partial charge is 0.435 e. The highest BCUT2D eigenvalue weighted by Crippen LogP contribution is 2.26. The van der Waals surface area contributed by atoms with Gasteiger partial charge in [-0.05, 0) is 30.7 Å². The first kappa shape index (κ1) is 13.8. The van der Waals surface area contributed by atoms with Gasteiger partial charge in [0.25, 0.3) is 0 Å². The number of aromatic nitrogens is 3. The zero-order chi connectivity index (χ0) is 15.0. The molecule has 0 aliphatic rings. The molecule has 0 saturated carbocycles.